The quantitative estimate of drug-likeness (QED) is 0.180. The lowest BCUT2D eigenvalue weighted by Gasteiger charge is -2.35. The summed E-state index contributed by atoms with van der Waals surface area (Å²) in [5.74, 6) is -0.305. The number of ether oxygens (including phenoxy) is 1. The summed E-state index contributed by atoms with van der Waals surface area (Å²) in [6, 6.07) is 26.8. The third-order valence-electron chi connectivity index (χ3n) is 7.72. The zero-order valence-electron chi connectivity index (χ0n) is 27.7. The maximum Gasteiger partial charge on any atom is 0.264 e. The number of rotatable bonds is 12. The van der Waals surface area contributed by atoms with Crippen LogP contribution in [-0.2, 0) is 32.6 Å². The number of sulfonamides is 1. The molecular weight excluding hydrogens is 634 g/mol. The molecule has 248 valence electrons. The second-order valence-electron chi connectivity index (χ2n) is 12.6. The van der Waals surface area contributed by atoms with Gasteiger partial charge in [-0.25, -0.2) is 8.42 Å². The molecular formula is C37H42ClN3O5S. The average Bonchev–Trinajstić information content (AvgIpc) is 3.02. The monoisotopic (exact) mass is 675 g/mol. The Hall–Kier alpha value is -4.34. The SMILES string of the molecule is COc1cccc(CN(C(=O)CN(c2ccc(C)c(C)c2)S(=O)(=O)c2ccc(Cl)cc2)C(Cc2ccccc2)C(=O)NC(C)(C)C)c1. The van der Waals surface area contributed by atoms with Crippen LogP contribution in [0.2, 0.25) is 5.02 Å². The van der Waals surface area contributed by atoms with Crippen molar-refractivity contribution < 1.29 is 22.7 Å². The number of hydrogen-bond acceptors (Lipinski definition) is 5. The van der Waals surface area contributed by atoms with Gasteiger partial charge in [-0.3, -0.25) is 13.9 Å². The van der Waals surface area contributed by atoms with Gasteiger partial charge in [0.1, 0.15) is 18.3 Å². The fourth-order valence-corrected chi connectivity index (χ4v) is 6.65. The van der Waals surface area contributed by atoms with Crippen LogP contribution < -0.4 is 14.4 Å². The van der Waals surface area contributed by atoms with Crippen molar-refractivity contribution in [3.05, 3.63) is 124 Å². The zero-order chi connectivity index (χ0) is 34.4. The number of carbonyl (C=O) groups is 2. The fourth-order valence-electron chi connectivity index (χ4n) is 5.12. The number of halogens is 1. The molecule has 0 aliphatic rings. The molecule has 0 bridgehead atoms. The maximum atomic E-state index is 14.7. The molecule has 0 aromatic heterocycles. The van der Waals surface area contributed by atoms with Crippen LogP contribution in [0.3, 0.4) is 0 Å². The molecule has 2 amide bonds. The number of methoxy groups -OCH3 is 1. The zero-order valence-corrected chi connectivity index (χ0v) is 29.2. The van der Waals surface area contributed by atoms with Gasteiger partial charge in [0.25, 0.3) is 10.0 Å². The van der Waals surface area contributed by atoms with Crippen molar-refractivity contribution in [2.45, 2.75) is 64.1 Å². The minimum atomic E-state index is -4.24. The molecule has 0 aliphatic carbocycles. The molecule has 0 radical (unpaired) electrons. The van der Waals surface area contributed by atoms with E-state index in [-0.39, 0.29) is 23.8 Å². The highest BCUT2D eigenvalue weighted by Crippen LogP contribution is 2.28. The van der Waals surface area contributed by atoms with E-state index in [1.165, 1.54) is 29.2 Å². The first-order valence-corrected chi connectivity index (χ1v) is 17.1. The Bertz CT molecular complexity index is 1810. The van der Waals surface area contributed by atoms with E-state index in [1.807, 2.05) is 83.1 Å². The second kappa shape index (κ2) is 15.0. The van der Waals surface area contributed by atoms with Crippen LogP contribution in [0, 0.1) is 13.8 Å². The summed E-state index contributed by atoms with van der Waals surface area (Å²) in [6.45, 7) is 8.92. The highest BCUT2D eigenvalue weighted by molar-refractivity contribution is 7.92. The first-order chi connectivity index (χ1) is 22.2. The normalized spacial score (nSPS) is 12.2. The molecule has 0 saturated heterocycles. The standard InChI is InChI=1S/C37H42ClN3O5S/c1-26-15-18-31(21-27(26)2)41(47(44,45)33-19-16-30(38)17-20-33)25-35(42)40(24-29-13-10-14-32(22-29)46-6)34(36(43)39-37(3,4)5)23-28-11-8-7-9-12-28/h7-22,34H,23-25H2,1-6H3,(H,39,43). The van der Waals surface area contributed by atoms with Gasteiger partial charge >= 0.3 is 0 Å². The van der Waals surface area contributed by atoms with Gasteiger partial charge in [0.15, 0.2) is 0 Å². The molecule has 10 heteroatoms. The lowest BCUT2D eigenvalue weighted by Crippen LogP contribution is -2.56. The summed E-state index contributed by atoms with van der Waals surface area (Å²) in [6.07, 6.45) is 0.214. The van der Waals surface area contributed by atoms with Crippen LogP contribution in [0.25, 0.3) is 0 Å². The van der Waals surface area contributed by atoms with E-state index in [1.54, 1.807) is 31.4 Å². The van der Waals surface area contributed by atoms with Gasteiger partial charge in [-0.2, -0.15) is 0 Å². The summed E-state index contributed by atoms with van der Waals surface area (Å²) < 4.78 is 35.0. The van der Waals surface area contributed by atoms with Crippen LogP contribution in [0.1, 0.15) is 43.0 Å². The van der Waals surface area contributed by atoms with Crippen LogP contribution in [0.4, 0.5) is 5.69 Å². The maximum absolute atomic E-state index is 14.7. The van der Waals surface area contributed by atoms with Gasteiger partial charge in [-0.1, -0.05) is 60.1 Å². The topological polar surface area (TPSA) is 96.0 Å². The first kappa shape index (κ1) is 35.5. The Morgan fingerprint density at radius 2 is 1.51 bits per heavy atom. The Morgan fingerprint density at radius 1 is 0.851 bits per heavy atom. The van der Waals surface area contributed by atoms with Gasteiger partial charge in [0.05, 0.1) is 17.7 Å². The largest absolute Gasteiger partial charge is 0.497 e. The molecule has 0 fully saturated rings. The third-order valence-corrected chi connectivity index (χ3v) is 9.76. The molecule has 1 atom stereocenters. The Kier molecular flexibility index (Phi) is 11.4. The van der Waals surface area contributed by atoms with Crippen molar-refractivity contribution >= 4 is 39.1 Å². The number of benzene rings is 4. The summed E-state index contributed by atoms with van der Waals surface area (Å²) >= 11 is 6.08. The Morgan fingerprint density at radius 3 is 2.13 bits per heavy atom. The smallest absolute Gasteiger partial charge is 0.264 e. The van der Waals surface area contributed by atoms with Crippen LogP contribution in [0.5, 0.6) is 5.75 Å². The van der Waals surface area contributed by atoms with E-state index in [4.69, 9.17) is 16.3 Å². The Labute approximate surface area is 283 Å². The van der Waals surface area contributed by atoms with Crippen molar-refractivity contribution in [1.82, 2.24) is 10.2 Å². The molecule has 0 aliphatic heterocycles. The van der Waals surface area contributed by atoms with Gasteiger partial charge in [-0.05, 0) is 105 Å². The van der Waals surface area contributed by atoms with E-state index < -0.39 is 34.1 Å². The van der Waals surface area contributed by atoms with E-state index >= 15 is 0 Å². The lowest BCUT2D eigenvalue weighted by molar-refractivity contribution is -0.140. The summed E-state index contributed by atoms with van der Waals surface area (Å²) in [7, 11) is -2.68. The number of hydrogen-bond donors (Lipinski definition) is 1. The summed E-state index contributed by atoms with van der Waals surface area (Å²) in [5, 5.41) is 3.43. The highest BCUT2D eigenvalue weighted by Gasteiger charge is 2.35. The summed E-state index contributed by atoms with van der Waals surface area (Å²) in [4.78, 5) is 30.1. The van der Waals surface area contributed by atoms with Crippen molar-refractivity contribution in [3.8, 4) is 5.75 Å². The predicted molar refractivity (Wildman–Crippen MR) is 187 cm³/mol. The van der Waals surface area contributed by atoms with E-state index in [2.05, 4.69) is 5.32 Å². The van der Waals surface area contributed by atoms with Gasteiger partial charge in [0.2, 0.25) is 11.8 Å². The second-order valence-corrected chi connectivity index (χ2v) is 14.9. The molecule has 4 rings (SSSR count). The molecule has 1 unspecified atom stereocenters. The molecule has 47 heavy (non-hydrogen) atoms. The van der Waals surface area contributed by atoms with Crippen LogP contribution in [-0.4, -0.2) is 50.4 Å². The minimum Gasteiger partial charge on any atom is -0.497 e. The molecule has 1 N–H and O–H groups in total. The molecule has 0 saturated carbocycles. The molecule has 0 spiro atoms. The van der Waals surface area contributed by atoms with Crippen molar-refractivity contribution in [3.63, 3.8) is 0 Å². The van der Waals surface area contributed by atoms with Gasteiger partial charge in [0, 0.05) is 23.5 Å². The number of carbonyl (C=O) groups excluding carboxylic acids is 2. The van der Waals surface area contributed by atoms with Crippen molar-refractivity contribution in [1.29, 1.82) is 0 Å². The minimum absolute atomic E-state index is 0.0152. The average molecular weight is 676 g/mol. The van der Waals surface area contributed by atoms with Gasteiger partial charge < -0.3 is 15.0 Å². The van der Waals surface area contributed by atoms with Crippen molar-refractivity contribution in [2.24, 2.45) is 0 Å². The number of nitrogens with zero attached hydrogens (tertiary/aromatic N) is 2. The number of nitrogens with one attached hydrogen (secondary N) is 1. The highest BCUT2D eigenvalue weighted by atomic mass is 35.5. The summed E-state index contributed by atoms with van der Waals surface area (Å²) in [5.41, 5.74) is 3.16. The van der Waals surface area contributed by atoms with E-state index in [0.29, 0.717) is 16.5 Å². The number of anilines is 1. The third kappa shape index (κ3) is 9.36. The Balaban J connectivity index is 1.84. The molecule has 4 aromatic carbocycles. The van der Waals surface area contributed by atoms with Crippen LogP contribution >= 0.6 is 11.6 Å². The molecule has 0 heterocycles. The number of amides is 2. The number of aryl methyl sites for hydroxylation is 2. The van der Waals surface area contributed by atoms with Crippen molar-refractivity contribution in [2.75, 3.05) is 18.0 Å². The van der Waals surface area contributed by atoms with E-state index in [0.717, 1.165) is 26.6 Å². The van der Waals surface area contributed by atoms with E-state index in [9.17, 15) is 18.0 Å². The predicted octanol–water partition coefficient (Wildman–Crippen LogP) is 6.72. The first-order valence-electron chi connectivity index (χ1n) is 15.3. The van der Waals surface area contributed by atoms with Gasteiger partial charge in [-0.15, -0.1) is 0 Å². The molecule has 8 nitrogen and oxygen atoms in total. The fraction of sp³-hybridized carbons (Fsp3) is 0.297. The van der Waals surface area contributed by atoms with Crippen LogP contribution in [0.15, 0.2) is 102 Å². The lowest BCUT2D eigenvalue weighted by atomic mass is 10.0. The molecule has 4 aromatic rings.